The summed E-state index contributed by atoms with van der Waals surface area (Å²) in [4.78, 5) is 12.3. The number of halogens is 1. The Labute approximate surface area is 199 Å². The SMILES string of the molecule is CCc1cc(-c2ccccc2)c(OCCO)c(C(Nc2ccc(C(=N)N)cc2)C(=O)O)c1.Cl. The second-order valence-corrected chi connectivity index (χ2v) is 7.26. The van der Waals surface area contributed by atoms with Crippen LogP contribution in [-0.4, -0.2) is 35.2 Å². The van der Waals surface area contributed by atoms with Gasteiger partial charge in [0.05, 0.1) is 6.61 Å². The van der Waals surface area contributed by atoms with Gasteiger partial charge in [0.2, 0.25) is 0 Å². The molecule has 0 saturated heterocycles. The van der Waals surface area contributed by atoms with E-state index in [0.29, 0.717) is 29.0 Å². The maximum absolute atomic E-state index is 12.3. The quantitative estimate of drug-likeness (QED) is 0.223. The molecule has 0 saturated carbocycles. The van der Waals surface area contributed by atoms with Crippen LogP contribution in [0.25, 0.3) is 11.1 Å². The number of aliphatic hydroxyl groups excluding tert-OH is 1. The Balaban J connectivity index is 0.00000385. The zero-order valence-electron chi connectivity index (χ0n) is 18.2. The Kier molecular flexibility index (Phi) is 9.27. The van der Waals surface area contributed by atoms with Gasteiger partial charge < -0.3 is 26.0 Å². The third kappa shape index (κ3) is 6.25. The lowest BCUT2D eigenvalue weighted by molar-refractivity contribution is -0.138. The monoisotopic (exact) mass is 469 g/mol. The molecule has 3 aromatic carbocycles. The molecule has 33 heavy (non-hydrogen) atoms. The summed E-state index contributed by atoms with van der Waals surface area (Å²) >= 11 is 0. The average molecular weight is 470 g/mol. The van der Waals surface area contributed by atoms with Gasteiger partial charge in [-0.15, -0.1) is 12.4 Å². The lowest BCUT2D eigenvalue weighted by Gasteiger charge is -2.23. The van der Waals surface area contributed by atoms with Crippen LogP contribution in [0.2, 0.25) is 0 Å². The predicted molar refractivity (Wildman–Crippen MR) is 133 cm³/mol. The molecule has 0 aliphatic carbocycles. The Morgan fingerprint density at radius 1 is 1.12 bits per heavy atom. The fourth-order valence-electron chi connectivity index (χ4n) is 3.46. The normalized spacial score (nSPS) is 11.2. The van der Waals surface area contributed by atoms with Gasteiger partial charge in [0, 0.05) is 22.4 Å². The highest BCUT2D eigenvalue weighted by Gasteiger charge is 2.27. The summed E-state index contributed by atoms with van der Waals surface area (Å²) < 4.78 is 5.89. The summed E-state index contributed by atoms with van der Waals surface area (Å²) in [6.07, 6.45) is 0.715. The number of ether oxygens (including phenoxy) is 1. The fourth-order valence-corrected chi connectivity index (χ4v) is 3.46. The van der Waals surface area contributed by atoms with E-state index >= 15 is 0 Å². The van der Waals surface area contributed by atoms with Gasteiger partial charge in [-0.1, -0.05) is 37.3 Å². The van der Waals surface area contributed by atoms with Crippen molar-refractivity contribution >= 4 is 29.9 Å². The number of hydrogen-bond donors (Lipinski definition) is 5. The largest absolute Gasteiger partial charge is 0.490 e. The first-order chi connectivity index (χ1) is 15.4. The first kappa shape index (κ1) is 25.7. The maximum atomic E-state index is 12.3. The number of nitrogen functional groups attached to an aromatic ring is 1. The van der Waals surface area contributed by atoms with Gasteiger partial charge in [-0.05, 0) is 53.9 Å². The molecule has 3 aromatic rings. The topological polar surface area (TPSA) is 129 Å². The van der Waals surface area contributed by atoms with Crippen molar-refractivity contribution in [3.05, 3.63) is 83.4 Å². The maximum Gasteiger partial charge on any atom is 0.330 e. The highest BCUT2D eigenvalue weighted by atomic mass is 35.5. The summed E-state index contributed by atoms with van der Waals surface area (Å²) in [5, 5.41) is 30.0. The van der Waals surface area contributed by atoms with Crippen molar-refractivity contribution in [2.45, 2.75) is 19.4 Å². The fraction of sp³-hybridized carbons (Fsp3) is 0.200. The van der Waals surface area contributed by atoms with Gasteiger partial charge in [0.15, 0.2) is 6.04 Å². The number of carbonyl (C=O) groups is 1. The number of nitrogens with one attached hydrogen (secondary N) is 2. The Morgan fingerprint density at radius 3 is 2.33 bits per heavy atom. The van der Waals surface area contributed by atoms with Crippen LogP contribution < -0.4 is 15.8 Å². The number of carboxylic acids is 1. The molecule has 3 rings (SSSR count). The molecule has 6 N–H and O–H groups in total. The van der Waals surface area contributed by atoms with Gasteiger partial charge in [0.25, 0.3) is 0 Å². The van der Waals surface area contributed by atoms with Crippen molar-refractivity contribution in [3.8, 4) is 16.9 Å². The van der Waals surface area contributed by atoms with E-state index in [4.69, 9.17) is 15.9 Å². The van der Waals surface area contributed by atoms with Crippen molar-refractivity contribution in [3.63, 3.8) is 0 Å². The second kappa shape index (κ2) is 11.9. The van der Waals surface area contributed by atoms with Crippen molar-refractivity contribution < 1.29 is 19.7 Å². The van der Waals surface area contributed by atoms with Gasteiger partial charge in [0.1, 0.15) is 18.2 Å². The molecule has 0 aliphatic rings. The van der Waals surface area contributed by atoms with Crippen LogP contribution in [0.1, 0.15) is 29.7 Å². The molecule has 8 heteroatoms. The van der Waals surface area contributed by atoms with Crippen molar-refractivity contribution in [2.75, 3.05) is 18.5 Å². The zero-order valence-corrected chi connectivity index (χ0v) is 19.1. The highest BCUT2D eigenvalue weighted by Crippen LogP contribution is 2.39. The van der Waals surface area contributed by atoms with Crippen molar-refractivity contribution in [1.29, 1.82) is 5.41 Å². The van der Waals surface area contributed by atoms with Crippen LogP contribution in [-0.2, 0) is 11.2 Å². The van der Waals surface area contributed by atoms with Crippen LogP contribution in [0.3, 0.4) is 0 Å². The van der Waals surface area contributed by atoms with E-state index in [2.05, 4.69) is 5.32 Å². The van der Waals surface area contributed by atoms with Crippen molar-refractivity contribution in [1.82, 2.24) is 0 Å². The molecule has 0 aromatic heterocycles. The zero-order chi connectivity index (χ0) is 23.1. The van der Waals surface area contributed by atoms with Crippen LogP contribution in [0, 0.1) is 5.41 Å². The second-order valence-electron chi connectivity index (χ2n) is 7.26. The number of hydrogen-bond acceptors (Lipinski definition) is 5. The van der Waals surface area contributed by atoms with E-state index < -0.39 is 12.0 Å². The molecule has 1 unspecified atom stereocenters. The number of anilines is 1. The molecule has 0 heterocycles. The minimum atomic E-state index is -1.10. The molecule has 7 nitrogen and oxygen atoms in total. The average Bonchev–Trinajstić information content (AvgIpc) is 2.81. The number of carboxylic acid groups (broad SMARTS) is 1. The van der Waals surface area contributed by atoms with Crippen molar-refractivity contribution in [2.24, 2.45) is 5.73 Å². The molecular formula is C25H28ClN3O4. The van der Waals surface area contributed by atoms with Crippen LogP contribution in [0.15, 0.2) is 66.7 Å². The van der Waals surface area contributed by atoms with E-state index in [0.717, 1.165) is 16.7 Å². The van der Waals surface area contributed by atoms with Gasteiger partial charge in [-0.25, -0.2) is 4.79 Å². The summed E-state index contributed by atoms with van der Waals surface area (Å²) in [6.45, 7) is 1.85. The molecule has 0 fully saturated rings. The standard InChI is InChI=1S/C25H27N3O4.ClH/c1-2-16-14-20(17-6-4-3-5-7-17)23(32-13-12-29)21(15-16)22(25(30)31)28-19-10-8-18(9-11-19)24(26)27;/h3-11,14-15,22,28-29H,2,12-13H2,1H3,(H3,26,27)(H,30,31);1H. The number of rotatable bonds is 10. The third-order valence-corrected chi connectivity index (χ3v) is 5.07. The lowest BCUT2D eigenvalue weighted by atomic mass is 9.93. The molecule has 0 bridgehead atoms. The molecule has 174 valence electrons. The predicted octanol–water partition coefficient (Wildman–Crippen LogP) is 4.23. The molecule has 0 aliphatic heterocycles. The number of aliphatic hydroxyl groups is 1. The highest BCUT2D eigenvalue weighted by molar-refractivity contribution is 5.95. The molecule has 0 spiro atoms. The number of amidine groups is 1. The summed E-state index contributed by atoms with van der Waals surface area (Å²) in [5.74, 6) is -0.710. The Bertz CT molecular complexity index is 1090. The van der Waals surface area contributed by atoms with Crippen LogP contribution in [0.4, 0.5) is 5.69 Å². The van der Waals surface area contributed by atoms with Gasteiger partial charge >= 0.3 is 5.97 Å². The smallest absolute Gasteiger partial charge is 0.330 e. The number of aryl methyl sites for hydroxylation is 1. The first-order valence-electron chi connectivity index (χ1n) is 10.3. The Morgan fingerprint density at radius 2 is 1.79 bits per heavy atom. The van der Waals surface area contributed by atoms with E-state index in [-0.39, 0.29) is 31.5 Å². The van der Waals surface area contributed by atoms with Crippen LogP contribution >= 0.6 is 12.4 Å². The molecule has 1 atom stereocenters. The first-order valence-corrected chi connectivity index (χ1v) is 10.3. The Hall–Kier alpha value is -3.55. The molecular weight excluding hydrogens is 442 g/mol. The third-order valence-electron chi connectivity index (χ3n) is 5.07. The minimum absolute atomic E-state index is 0. The summed E-state index contributed by atoms with van der Waals surface area (Å²) in [6, 6.07) is 19.0. The van der Waals surface area contributed by atoms with E-state index in [1.165, 1.54) is 0 Å². The van der Waals surface area contributed by atoms with E-state index in [1.54, 1.807) is 24.3 Å². The summed E-state index contributed by atoms with van der Waals surface area (Å²) in [5.41, 5.74) is 9.73. The number of nitrogens with two attached hydrogens (primary N) is 1. The number of aliphatic carboxylic acids is 1. The minimum Gasteiger partial charge on any atom is -0.490 e. The summed E-state index contributed by atoms with van der Waals surface area (Å²) in [7, 11) is 0. The molecule has 0 radical (unpaired) electrons. The van der Waals surface area contributed by atoms with Gasteiger partial charge in [-0.2, -0.15) is 0 Å². The number of benzene rings is 3. The van der Waals surface area contributed by atoms with E-state index in [1.807, 2.05) is 49.4 Å². The van der Waals surface area contributed by atoms with Crippen LogP contribution in [0.5, 0.6) is 5.75 Å². The van der Waals surface area contributed by atoms with Gasteiger partial charge in [-0.3, -0.25) is 5.41 Å². The lowest BCUT2D eigenvalue weighted by Crippen LogP contribution is -2.22. The molecule has 0 amide bonds. The van der Waals surface area contributed by atoms with E-state index in [9.17, 15) is 15.0 Å².